The van der Waals surface area contributed by atoms with Crippen LogP contribution in [0.25, 0.3) is 0 Å². The highest BCUT2D eigenvalue weighted by molar-refractivity contribution is 5.67. The van der Waals surface area contributed by atoms with Gasteiger partial charge in [0.2, 0.25) is 0 Å². The molecule has 4 heteroatoms. The molecule has 2 N–H and O–H groups in total. The minimum atomic E-state index is 0.410. The highest BCUT2D eigenvalue weighted by Gasteiger charge is 2.21. The van der Waals surface area contributed by atoms with Gasteiger partial charge in [0, 0.05) is 30.2 Å². The molecule has 2 aromatic rings. The number of anilines is 2. The lowest BCUT2D eigenvalue weighted by molar-refractivity contribution is 0.525. The van der Waals surface area contributed by atoms with Gasteiger partial charge in [-0.25, -0.2) is 0 Å². The lowest BCUT2D eigenvalue weighted by Gasteiger charge is -2.19. The number of benzene rings is 1. The zero-order valence-corrected chi connectivity index (χ0v) is 12.4. The summed E-state index contributed by atoms with van der Waals surface area (Å²) in [5.74, 6) is 0. The summed E-state index contributed by atoms with van der Waals surface area (Å²) < 4.78 is 2.01. The van der Waals surface area contributed by atoms with Gasteiger partial charge in [-0.1, -0.05) is 6.07 Å². The van der Waals surface area contributed by atoms with Gasteiger partial charge in [0.05, 0.1) is 12.2 Å². The molecule has 0 saturated heterocycles. The zero-order chi connectivity index (χ0) is 14.3. The second-order valence-electron chi connectivity index (χ2n) is 5.89. The molecule has 20 heavy (non-hydrogen) atoms. The third kappa shape index (κ3) is 2.26. The number of hydrogen-bond donors (Lipinski definition) is 1. The van der Waals surface area contributed by atoms with Crippen molar-refractivity contribution in [3.8, 4) is 0 Å². The van der Waals surface area contributed by atoms with Gasteiger partial charge in [-0.15, -0.1) is 0 Å². The Labute approximate surface area is 120 Å². The predicted octanol–water partition coefficient (Wildman–Crippen LogP) is 2.92. The van der Waals surface area contributed by atoms with Crippen molar-refractivity contribution in [1.29, 1.82) is 0 Å². The molecule has 0 saturated carbocycles. The summed E-state index contributed by atoms with van der Waals surface area (Å²) in [5.41, 5.74) is 11.9. The van der Waals surface area contributed by atoms with Crippen LogP contribution in [0, 0.1) is 6.92 Å². The van der Waals surface area contributed by atoms with Crippen molar-refractivity contribution in [3.05, 3.63) is 41.2 Å². The molecule has 0 spiro atoms. The Morgan fingerprint density at radius 1 is 1.35 bits per heavy atom. The molecule has 3 rings (SSSR count). The number of nitrogens with zero attached hydrogens (tertiary/aromatic N) is 3. The molecular formula is C16H22N4. The molecule has 106 valence electrons. The van der Waals surface area contributed by atoms with E-state index in [0.29, 0.717) is 6.04 Å². The number of hydrogen-bond acceptors (Lipinski definition) is 3. The Hall–Kier alpha value is -1.97. The molecule has 0 fully saturated rings. The lowest BCUT2D eigenvalue weighted by atomic mass is 10.1. The van der Waals surface area contributed by atoms with Gasteiger partial charge < -0.3 is 10.6 Å². The van der Waals surface area contributed by atoms with Gasteiger partial charge in [-0.05, 0) is 50.5 Å². The maximum absolute atomic E-state index is 6.05. The van der Waals surface area contributed by atoms with E-state index in [2.05, 4.69) is 55.2 Å². The molecular weight excluding hydrogens is 248 g/mol. The summed E-state index contributed by atoms with van der Waals surface area (Å²) in [7, 11) is 0. The summed E-state index contributed by atoms with van der Waals surface area (Å²) >= 11 is 0. The zero-order valence-electron chi connectivity index (χ0n) is 12.4. The third-order valence-corrected chi connectivity index (χ3v) is 4.00. The maximum atomic E-state index is 6.05. The van der Waals surface area contributed by atoms with Crippen LogP contribution >= 0.6 is 0 Å². The van der Waals surface area contributed by atoms with Crippen LogP contribution in [0.2, 0.25) is 0 Å². The highest BCUT2D eigenvalue weighted by atomic mass is 15.3. The fourth-order valence-corrected chi connectivity index (χ4v) is 2.75. The monoisotopic (exact) mass is 270 g/mol. The van der Waals surface area contributed by atoms with E-state index >= 15 is 0 Å². The van der Waals surface area contributed by atoms with Crippen LogP contribution in [0.5, 0.6) is 0 Å². The minimum absolute atomic E-state index is 0.410. The van der Waals surface area contributed by atoms with Crippen molar-refractivity contribution in [3.63, 3.8) is 0 Å². The van der Waals surface area contributed by atoms with Crippen LogP contribution in [0.1, 0.15) is 36.7 Å². The first-order valence-corrected chi connectivity index (χ1v) is 7.22. The van der Waals surface area contributed by atoms with E-state index in [9.17, 15) is 0 Å². The first-order chi connectivity index (χ1) is 9.54. The van der Waals surface area contributed by atoms with E-state index in [0.717, 1.165) is 30.9 Å². The van der Waals surface area contributed by atoms with Crippen molar-refractivity contribution in [2.45, 2.75) is 39.8 Å². The van der Waals surface area contributed by atoms with E-state index in [1.807, 2.05) is 4.68 Å². The number of fused-ring (bicyclic) bond motifs is 1. The SMILES string of the molecule is Cc1cc2c(cc1N)N(Cc1ccn(C(C)C)n1)CC2. The Morgan fingerprint density at radius 3 is 2.85 bits per heavy atom. The molecule has 1 aliphatic heterocycles. The van der Waals surface area contributed by atoms with Crippen molar-refractivity contribution < 1.29 is 0 Å². The lowest BCUT2D eigenvalue weighted by Crippen LogP contribution is -2.20. The van der Waals surface area contributed by atoms with Crippen molar-refractivity contribution in [2.75, 3.05) is 17.2 Å². The summed E-state index contributed by atoms with van der Waals surface area (Å²) in [6.07, 6.45) is 3.15. The minimum Gasteiger partial charge on any atom is -0.398 e. The largest absolute Gasteiger partial charge is 0.398 e. The van der Waals surface area contributed by atoms with E-state index < -0.39 is 0 Å². The quantitative estimate of drug-likeness (QED) is 0.872. The number of rotatable bonds is 3. The molecule has 0 unspecified atom stereocenters. The van der Waals surface area contributed by atoms with E-state index in [1.165, 1.54) is 16.8 Å². The van der Waals surface area contributed by atoms with Crippen LogP contribution < -0.4 is 10.6 Å². The molecule has 0 atom stereocenters. The summed E-state index contributed by atoms with van der Waals surface area (Å²) in [6, 6.07) is 6.84. The topological polar surface area (TPSA) is 47.1 Å². The van der Waals surface area contributed by atoms with E-state index in [-0.39, 0.29) is 0 Å². The van der Waals surface area contributed by atoms with Crippen LogP contribution in [0.15, 0.2) is 24.4 Å². The number of nitrogen functional groups attached to an aromatic ring is 1. The number of nitrogens with two attached hydrogens (primary N) is 1. The van der Waals surface area contributed by atoms with E-state index in [4.69, 9.17) is 5.73 Å². The molecule has 1 aliphatic rings. The highest BCUT2D eigenvalue weighted by Crippen LogP contribution is 2.32. The van der Waals surface area contributed by atoms with Crippen molar-refractivity contribution in [2.24, 2.45) is 0 Å². The van der Waals surface area contributed by atoms with Crippen LogP contribution in [-0.4, -0.2) is 16.3 Å². The fourth-order valence-electron chi connectivity index (χ4n) is 2.75. The molecule has 1 aromatic carbocycles. The fraction of sp³-hybridized carbons (Fsp3) is 0.438. The first kappa shape index (κ1) is 13.0. The average molecular weight is 270 g/mol. The molecule has 0 bridgehead atoms. The molecule has 4 nitrogen and oxygen atoms in total. The number of aromatic nitrogens is 2. The average Bonchev–Trinajstić information content (AvgIpc) is 3.00. The summed E-state index contributed by atoms with van der Waals surface area (Å²) in [4.78, 5) is 2.37. The summed E-state index contributed by atoms with van der Waals surface area (Å²) in [6.45, 7) is 8.27. The Balaban J connectivity index is 1.82. The van der Waals surface area contributed by atoms with Gasteiger partial charge in [0.25, 0.3) is 0 Å². The predicted molar refractivity (Wildman–Crippen MR) is 83.0 cm³/mol. The second-order valence-corrected chi connectivity index (χ2v) is 5.89. The van der Waals surface area contributed by atoms with Crippen LogP contribution in [0.3, 0.4) is 0 Å². The van der Waals surface area contributed by atoms with Crippen molar-refractivity contribution in [1.82, 2.24) is 9.78 Å². The van der Waals surface area contributed by atoms with Crippen LogP contribution in [-0.2, 0) is 13.0 Å². The third-order valence-electron chi connectivity index (χ3n) is 4.00. The van der Waals surface area contributed by atoms with Gasteiger partial charge in [0.15, 0.2) is 0 Å². The Bertz CT molecular complexity index is 627. The number of aryl methyl sites for hydroxylation is 1. The Kier molecular flexibility index (Phi) is 3.16. The normalized spacial score (nSPS) is 14.1. The maximum Gasteiger partial charge on any atom is 0.0817 e. The second kappa shape index (κ2) is 4.85. The standard InChI is InChI=1S/C16H22N4/c1-11(2)20-7-5-14(18-20)10-19-6-4-13-8-12(3)15(17)9-16(13)19/h5,7-9,11H,4,6,10,17H2,1-3H3. The van der Waals surface area contributed by atoms with Crippen LogP contribution in [0.4, 0.5) is 11.4 Å². The molecule has 1 aromatic heterocycles. The van der Waals surface area contributed by atoms with Crippen molar-refractivity contribution >= 4 is 11.4 Å². The van der Waals surface area contributed by atoms with Gasteiger partial charge >= 0.3 is 0 Å². The molecule has 0 amide bonds. The Morgan fingerprint density at radius 2 is 2.15 bits per heavy atom. The molecule has 0 aliphatic carbocycles. The van der Waals surface area contributed by atoms with Gasteiger partial charge in [-0.2, -0.15) is 5.10 Å². The molecule has 0 radical (unpaired) electrons. The first-order valence-electron chi connectivity index (χ1n) is 7.22. The summed E-state index contributed by atoms with van der Waals surface area (Å²) in [5, 5.41) is 4.63. The smallest absolute Gasteiger partial charge is 0.0817 e. The van der Waals surface area contributed by atoms with Gasteiger partial charge in [0.1, 0.15) is 0 Å². The van der Waals surface area contributed by atoms with E-state index in [1.54, 1.807) is 0 Å². The van der Waals surface area contributed by atoms with Gasteiger partial charge in [-0.3, -0.25) is 4.68 Å². The molecule has 2 heterocycles.